The fourth-order valence-electron chi connectivity index (χ4n) is 1.44. The molecule has 2 aromatic heterocycles. The highest BCUT2D eigenvalue weighted by Gasteiger charge is 2.03. The summed E-state index contributed by atoms with van der Waals surface area (Å²) in [6.45, 7) is 4.36. The predicted molar refractivity (Wildman–Crippen MR) is 64.6 cm³/mol. The van der Waals surface area contributed by atoms with E-state index in [-0.39, 0.29) is 0 Å². The van der Waals surface area contributed by atoms with Crippen molar-refractivity contribution in [3.8, 4) is 0 Å². The minimum absolute atomic E-state index is 0.577. The van der Waals surface area contributed by atoms with Crippen LogP contribution < -0.4 is 11.1 Å². The Bertz CT molecular complexity index is 508. The Labute approximate surface area is 99.2 Å². The second-order valence-corrected chi connectivity index (χ2v) is 3.80. The number of nitrogens with two attached hydrogens (primary N) is 1. The van der Waals surface area contributed by atoms with E-state index in [1.165, 1.54) is 0 Å². The summed E-state index contributed by atoms with van der Waals surface area (Å²) in [5.41, 5.74) is 7.36. The molecule has 0 radical (unpaired) electrons. The van der Waals surface area contributed by atoms with E-state index in [4.69, 9.17) is 10.3 Å². The summed E-state index contributed by atoms with van der Waals surface area (Å²) in [6, 6.07) is 3.71. The van der Waals surface area contributed by atoms with Crippen LogP contribution in [0.5, 0.6) is 0 Å². The molecular weight excluding hydrogens is 218 g/mol. The van der Waals surface area contributed by atoms with Crippen LogP contribution >= 0.6 is 0 Å². The number of anilines is 2. The number of aromatic nitrogens is 3. The molecule has 2 aromatic rings. The summed E-state index contributed by atoms with van der Waals surface area (Å²) in [4.78, 5) is 8.42. The number of rotatable bonds is 4. The molecule has 2 rings (SSSR count). The molecule has 0 fully saturated rings. The SMILES string of the molecule is Cc1ccc(N)c(NCCc2noc(C)n2)n1. The molecule has 0 unspecified atom stereocenters. The minimum atomic E-state index is 0.577. The molecule has 0 saturated carbocycles. The van der Waals surface area contributed by atoms with Crippen LogP contribution in [0.15, 0.2) is 16.7 Å². The molecule has 0 spiro atoms. The summed E-state index contributed by atoms with van der Waals surface area (Å²) >= 11 is 0. The summed E-state index contributed by atoms with van der Waals surface area (Å²) in [5, 5.41) is 6.96. The fourth-order valence-corrected chi connectivity index (χ4v) is 1.44. The maximum atomic E-state index is 5.80. The molecule has 0 bridgehead atoms. The van der Waals surface area contributed by atoms with E-state index in [9.17, 15) is 0 Å². The van der Waals surface area contributed by atoms with Gasteiger partial charge >= 0.3 is 0 Å². The van der Waals surface area contributed by atoms with Gasteiger partial charge in [0.2, 0.25) is 5.89 Å². The molecule has 0 aliphatic rings. The van der Waals surface area contributed by atoms with Gasteiger partial charge in [0.25, 0.3) is 0 Å². The highest BCUT2D eigenvalue weighted by atomic mass is 16.5. The number of pyridine rings is 1. The van der Waals surface area contributed by atoms with Crippen molar-refractivity contribution < 1.29 is 4.52 Å². The van der Waals surface area contributed by atoms with Crippen molar-refractivity contribution in [2.45, 2.75) is 20.3 Å². The number of nitrogens with one attached hydrogen (secondary N) is 1. The average Bonchev–Trinajstić information content (AvgIpc) is 2.69. The van der Waals surface area contributed by atoms with Crippen molar-refractivity contribution in [2.24, 2.45) is 0 Å². The van der Waals surface area contributed by atoms with Gasteiger partial charge in [-0.15, -0.1) is 0 Å². The Morgan fingerprint density at radius 2 is 2.12 bits per heavy atom. The normalized spacial score (nSPS) is 10.5. The van der Waals surface area contributed by atoms with Crippen molar-refractivity contribution in [1.82, 2.24) is 15.1 Å². The standard InChI is InChI=1S/C11H15N5O/c1-7-3-4-9(12)11(14-7)13-6-5-10-15-8(2)17-16-10/h3-4H,5-6,12H2,1-2H3,(H,13,14). The Hall–Kier alpha value is -2.11. The molecule has 0 aliphatic carbocycles. The van der Waals surface area contributed by atoms with E-state index in [0.717, 1.165) is 5.69 Å². The third-order valence-electron chi connectivity index (χ3n) is 2.28. The topological polar surface area (TPSA) is 89.9 Å². The number of aryl methyl sites for hydroxylation is 2. The highest BCUT2D eigenvalue weighted by molar-refractivity contribution is 5.61. The van der Waals surface area contributed by atoms with Crippen molar-refractivity contribution in [3.05, 3.63) is 29.5 Å². The second-order valence-electron chi connectivity index (χ2n) is 3.80. The van der Waals surface area contributed by atoms with Crippen LogP contribution in [0.25, 0.3) is 0 Å². The van der Waals surface area contributed by atoms with Gasteiger partial charge in [0.05, 0.1) is 5.69 Å². The van der Waals surface area contributed by atoms with Gasteiger partial charge in [-0.2, -0.15) is 4.98 Å². The van der Waals surface area contributed by atoms with Gasteiger partial charge < -0.3 is 15.6 Å². The lowest BCUT2D eigenvalue weighted by molar-refractivity contribution is 0.387. The zero-order chi connectivity index (χ0) is 12.3. The van der Waals surface area contributed by atoms with Gasteiger partial charge in [0.1, 0.15) is 5.82 Å². The summed E-state index contributed by atoms with van der Waals surface area (Å²) in [6.07, 6.45) is 0.673. The van der Waals surface area contributed by atoms with Crippen LogP contribution in [0, 0.1) is 13.8 Å². The Balaban J connectivity index is 1.91. The van der Waals surface area contributed by atoms with Gasteiger partial charge in [-0.25, -0.2) is 4.98 Å². The average molecular weight is 233 g/mol. The smallest absolute Gasteiger partial charge is 0.223 e. The van der Waals surface area contributed by atoms with Crippen molar-refractivity contribution in [3.63, 3.8) is 0 Å². The molecule has 0 amide bonds. The lowest BCUT2D eigenvalue weighted by Crippen LogP contribution is -2.09. The van der Waals surface area contributed by atoms with E-state index in [0.29, 0.717) is 36.2 Å². The Kier molecular flexibility index (Phi) is 3.22. The van der Waals surface area contributed by atoms with E-state index in [2.05, 4.69) is 20.4 Å². The maximum absolute atomic E-state index is 5.80. The summed E-state index contributed by atoms with van der Waals surface area (Å²) < 4.78 is 4.88. The third kappa shape index (κ3) is 2.93. The van der Waals surface area contributed by atoms with Crippen LogP contribution in [-0.2, 0) is 6.42 Å². The molecule has 0 aliphatic heterocycles. The quantitative estimate of drug-likeness (QED) is 0.827. The highest BCUT2D eigenvalue weighted by Crippen LogP contribution is 2.14. The van der Waals surface area contributed by atoms with Gasteiger partial charge in [-0.1, -0.05) is 5.16 Å². The first-order chi connectivity index (χ1) is 8.15. The first kappa shape index (κ1) is 11.4. The second kappa shape index (κ2) is 4.82. The number of nitrogen functional groups attached to an aromatic ring is 1. The molecular formula is C11H15N5O. The Morgan fingerprint density at radius 3 is 2.82 bits per heavy atom. The van der Waals surface area contributed by atoms with E-state index < -0.39 is 0 Å². The minimum Gasteiger partial charge on any atom is -0.396 e. The van der Waals surface area contributed by atoms with E-state index in [1.54, 1.807) is 6.92 Å². The lowest BCUT2D eigenvalue weighted by atomic mass is 10.3. The van der Waals surface area contributed by atoms with Crippen LogP contribution in [0.1, 0.15) is 17.4 Å². The van der Waals surface area contributed by atoms with Crippen molar-refractivity contribution >= 4 is 11.5 Å². The maximum Gasteiger partial charge on any atom is 0.223 e. The first-order valence-electron chi connectivity index (χ1n) is 5.41. The lowest BCUT2D eigenvalue weighted by Gasteiger charge is -2.07. The molecule has 2 heterocycles. The monoisotopic (exact) mass is 233 g/mol. The molecule has 6 nitrogen and oxygen atoms in total. The molecule has 6 heteroatoms. The zero-order valence-corrected chi connectivity index (χ0v) is 9.90. The van der Waals surface area contributed by atoms with Crippen LogP contribution in [0.4, 0.5) is 11.5 Å². The number of hydrogen-bond donors (Lipinski definition) is 2. The van der Waals surface area contributed by atoms with Gasteiger partial charge in [-0.3, -0.25) is 0 Å². The van der Waals surface area contributed by atoms with E-state index >= 15 is 0 Å². The fraction of sp³-hybridized carbons (Fsp3) is 0.364. The van der Waals surface area contributed by atoms with Gasteiger partial charge in [0.15, 0.2) is 5.82 Å². The van der Waals surface area contributed by atoms with Crippen LogP contribution in [0.2, 0.25) is 0 Å². The molecule has 0 aromatic carbocycles. The van der Waals surface area contributed by atoms with Crippen molar-refractivity contribution in [1.29, 1.82) is 0 Å². The van der Waals surface area contributed by atoms with Crippen molar-refractivity contribution in [2.75, 3.05) is 17.6 Å². The van der Waals surface area contributed by atoms with E-state index in [1.807, 2.05) is 19.1 Å². The molecule has 17 heavy (non-hydrogen) atoms. The number of nitrogens with zero attached hydrogens (tertiary/aromatic N) is 3. The molecule has 90 valence electrons. The zero-order valence-electron chi connectivity index (χ0n) is 9.90. The summed E-state index contributed by atoms with van der Waals surface area (Å²) in [5.74, 6) is 1.96. The summed E-state index contributed by atoms with van der Waals surface area (Å²) in [7, 11) is 0. The van der Waals surface area contributed by atoms with Crippen LogP contribution in [-0.4, -0.2) is 21.7 Å². The predicted octanol–water partition coefficient (Wildman–Crippen LogP) is 1.32. The molecule has 0 saturated heterocycles. The van der Waals surface area contributed by atoms with Gasteiger partial charge in [0, 0.05) is 25.6 Å². The van der Waals surface area contributed by atoms with Gasteiger partial charge in [-0.05, 0) is 19.1 Å². The third-order valence-corrected chi connectivity index (χ3v) is 2.28. The molecule has 0 atom stereocenters. The number of hydrogen-bond acceptors (Lipinski definition) is 6. The van der Waals surface area contributed by atoms with Crippen LogP contribution in [0.3, 0.4) is 0 Å². The Morgan fingerprint density at radius 1 is 1.29 bits per heavy atom. The largest absolute Gasteiger partial charge is 0.396 e. The molecule has 3 N–H and O–H groups in total. The first-order valence-corrected chi connectivity index (χ1v) is 5.41.